The van der Waals surface area contributed by atoms with Gasteiger partial charge in [0.2, 0.25) is 0 Å². The number of nitrogens with zero attached hydrogens (tertiary/aromatic N) is 2. The van der Waals surface area contributed by atoms with Crippen LogP contribution in [-0.4, -0.2) is 38.8 Å². The fourth-order valence-electron chi connectivity index (χ4n) is 3.23. The summed E-state index contributed by atoms with van der Waals surface area (Å²) in [5.41, 5.74) is 1.76. The zero-order chi connectivity index (χ0) is 16.4. The summed E-state index contributed by atoms with van der Waals surface area (Å²) in [5.74, 6) is 0.699. The maximum absolute atomic E-state index is 10.0. The topological polar surface area (TPSA) is 46.9 Å². The predicted molar refractivity (Wildman–Crippen MR) is 91.1 cm³/mol. The Labute approximate surface area is 137 Å². The van der Waals surface area contributed by atoms with Gasteiger partial charge in [-0.25, -0.2) is 0 Å². The summed E-state index contributed by atoms with van der Waals surface area (Å²) in [4.78, 5) is 4.73. The SMILES string of the molecule is CC1(C)N(Cc2ccccc2O)CCN1Cc1ccccc1O. The first kappa shape index (κ1) is 15.8. The standard InChI is InChI=1S/C19H24N2O2/c1-19(2)20(13-15-7-3-5-9-17(15)22)11-12-21(19)14-16-8-4-6-10-18(16)23/h3-10,22-23H,11-14H2,1-2H3. The first-order valence-electron chi connectivity index (χ1n) is 8.02. The lowest BCUT2D eigenvalue weighted by Crippen LogP contribution is -2.47. The van der Waals surface area contributed by atoms with Crippen molar-refractivity contribution in [3.63, 3.8) is 0 Å². The van der Waals surface area contributed by atoms with E-state index in [-0.39, 0.29) is 5.66 Å². The van der Waals surface area contributed by atoms with E-state index in [0.29, 0.717) is 11.5 Å². The molecule has 2 aromatic carbocycles. The average Bonchev–Trinajstić information content (AvgIpc) is 2.79. The van der Waals surface area contributed by atoms with Crippen molar-refractivity contribution < 1.29 is 10.2 Å². The molecule has 0 amide bonds. The van der Waals surface area contributed by atoms with Crippen molar-refractivity contribution in [3.8, 4) is 11.5 Å². The van der Waals surface area contributed by atoms with Gasteiger partial charge in [0, 0.05) is 37.3 Å². The predicted octanol–water partition coefficient (Wildman–Crippen LogP) is 3.15. The van der Waals surface area contributed by atoms with Crippen LogP contribution in [0, 0.1) is 0 Å². The van der Waals surface area contributed by atoms with Crippen LogP contribution in [-0.2, 0) is 13.1 Å². The van der Waals surface area contributed by atoms with Crippen molar-refractivity contribution >= 4 is 0 Å². The van der Waals surface area contributed by atoms with E-state index in [1.807, 2.05) is 36.4 Å². The molecule has 0 bridgehead atoms. The summed E-state index contributed by atoms with van der Waals surface area (Å²) in [6.07, 6.45) is 0. The highest BCUT2D eigenvalue weighted by atomic mass is 16.3. The molecule has 0 radical (unpaired) electrons. The molecule has 0 aromatic heterocycles. The zero-order valence-electron chi connectivity index (χ0n) is 13.7. The highest BCUT2D eigenvalue weighted by Crippen LogP contribution is 2.32. The van der Waals surface area contributed by atoms with Crippen molar-refractivity contribution in [1.29, 1.82) is 0 Å². The van der Waals surface area contributed by atoms with Gasteiger partial charge in [-0.2, -0.15) is 0 Å². The molecule has 0 unspecified atom stereocenters. The van der Waals surface area contributed by atoms with Crippen LogP contribution in [0.25, 0.3) is 0 Å². The van der Waals surface area contributed by atoms with Crippen molar-refractivity contribution in [2.45, 2.75) is 32.6 Å². The third kappa shape index (κ3) is 3.19. The van der Waals surface area contributed by atoms with E-state index in [0.717, 1.165) is 37.3 Å². The minimum atomic E-state index is -0.134. The normalized spacial score (nSPS) is 18.3. The number of benzene rings is 2. The minimum Gasteiger partial charge on any atom is -0.508 e. The van der Waals surface area contributed by atoms with Crippen LogP contribution in [0.4, 0.5) is 0 Å². The molecule has 3 rings (SSSR count). The monoisotopic (exact) mass is 312 g/mol. The Kier molecular flexibility index (Phi) is 4.28. The van der Waals surface area contributed by atoms with E-state index >= 15 is 0 Å². The summed E-state index contributed by atoms with van der Waals surface area (Å²) in [6.45, 7) is 7.71. The minimum absolute atomic E-state index is 0.134. The number of phenolic OH excluding ortho intramolecular Hbond substituents is 2. The van der Waals surface area contributed by atoms with Crippen molar-refractivity contribution in [2.75, 3.05) is 13.1 Å². The Morgan fingerprint density at radius 3 is 1.57 bits per heavy atom. The molecule has 122 valence electrons. The van der Waals surface area contributed by atoms with E-state index in [9.17, 15) is 10.2 Å². The summed E-state index contributed by atoms with van der Waals surface area (Å²) in [6, 6.07) is 15.0. The van der Waals surface area contributed by atoms with Gasteiger partial charge in [-0.15, -0.1) is 0 Å². The second-order valence-electron chi connectivity index (χ2n) is 6.59. The van der Waals surface area contributed by atoms with Gasteiger partial charge in [0.15, 0.2) is 0 Å². The second kappa shape index (κ2) is 6.22. The van der Waals surface area contributed by atoms with Gasteiger partial charge in [0.25, 0.3) is 0 Å². The molecule has 23 heavy (non-hydrogen) atoms. The van der Waals surface area contributed by atoms with Gasteiger partial charge >= 0.3 is 0 Å². The van der Waals surface area contributed by atoms with Crippen LogP contribution in [0.2, 0.25) is 0 Å². The van der Waals surface area contributed by atoms with Crippen LogP contribution < -0.4 is 0 Å². The van der Waals surface area contributed by atoms with Gasteiger partial charge in [0.1, 0.15) is 11.5 Å². The molecule has 1 heterocycles. The molecular formula is C19H24N2O2. The third-order valence-corrected chi connectivity index (χ3v) is 4.89. The van der Waals surface area contributed by atoms with E-state index < -0.39 is 0 Å². The molecular weight excluding hydrogens is 288 g/mol. The molecule has 0 aliphatic carbocycles. The number of aromatic hydroxyl groups is 2. The van der Waals surface area contributed by atoms with Gasteiger partial charge in [0.05, 0.1) is 5.66 Å². The summed E-state index contributed by atoms with van der Waals surface area (Å²) < 4.78 is 0. The lowest BCUT2D eigenvalue weighted by molar-refractivity contribution is 0.0372. The molecule has 1 saturated heterocycles. The number of rotatable bonds is 4. The van der Waals surface area contributed by atoms with Crippen LogP contribution in [0.5, 0.6) is 11.5 Å². The summed E-state index contributed by atoms with van der Waals surface area (Å²) in [7, 11) is 0. The fraction of sp³-hybridized carbons (Fsp3) is 0.368. The Morgan fingerprint density at radius 2 is 1.17 bits per heavy atom. The van der Waals surface area contributed by atoms with Crippen LogP contribution in [0.3, 0.4) is 0 Å². The van der Waals surface area contributed by atoms with Crippen molar-refractivity contribution in [3.05, 3.63) is 59.7 Å². The Bertz CT molecular complexity index is 627. The summed E-state index contributed by atoms with van der Waals surface area (Å²) >= 11 is 0. The van der Waals surface area contributed by atoms with E-state index in [2.05, 4.69) is 23.6 Å². The van der Waals surface area contributed by atoms with E-state index in [1.54, 1.807) is 12.1 Å². The van der Waals surface area contributed by atoms with Crippen molar-refractivity contribution in [2.24, 2.45) is 0 Å². The molecule has 4 heteroatoms. The maximum Gasteiger partial charge on any atom is 0.120 e. The lowest BCUT2D eigenvalue weighted by Gasteiger charge is -2.38. The average molecular weight is 312 g/mol. The Balaban J connectivity index is 1.74. The quantitative estimate of drug-likeness (QED) is 0.910. The molecule has 0 atom stereocenters. The molecule has 2 N–H and O–H groups in total. The van der Waals surface area contributed by atoms with Crippen LogP contribution in [0.15, 0.2) is 48.5 Å². The largest absolute Gasteiger partial charge is 0.508 e. The maximum atomic E-state index is 10.0. The molecule has 1 aliphatic heterocycles. The molecule has 4 nitrogen and oxygen atoms in total. The molecule has 2 aromatic rings. The summed E-state index contributed by atoms with van der Waals surface area (Å²) in [5, 5.41) is 20.0. The first-order valence-corrected chi connectivity index (χ1v) is 8.02. The second-order valence-corrected chi connectivity index (χ2v) is 6.59. The lowest BCUT2D eigenvalue weighted by atomic mass is 10.1. The van der Waals surface area contributed by atoms with Gasteiger partial charge in [-0.3, -0.25) is 9.80 Å². The molecule has 0 saturated carbocycles. The zero-order valence-corrected chi connectivity index (χ0v) is 13.7. The smallest absolute Gasteiger partial charge is 0.120 e. The Morgan fingerprint density at radius 1 is 0.783 bits per heavy atom. The number of phenols is 2. The van der Waals surface area contributed by atoms with Gasteiger partial charge in [-0.05, 0) is 26.0 Å². The third-order valence-electron chi connectivity index (χ3n) is 4.89. The Hall–Kier alpha value is -2.04. The molecule has 0 spiro atoms. The van der Waals surface area contributed by atoms with E-state index in [4.69, 9.17) is 0 Å². The van der Waals surface area contributed by atoms with Crippen LogP contribution >= 0.6 is 0 Å². The van der Waals surface area contributed by atoms with Gasteiger partial charge < -0.3 is 10.2 Å². The van der Waals surface area contributed by atoms with E-state index in [1.165, 1.54) is 0 Å². The molecule has 1 aliphatic rings. The van der Waals surface area contributed by atoms with Crippen molar-refractivity contribution in [1.82, 2.24) is 9.80 Å². The highest BCUT2D eigenvalue weighted by Gasteiger charge is 2.39. The number of hydrogen-bond acceptors (Lipinski definition) is 4. The van der Waals surface area contributed by atoms with Crippen LogP contribution in [0.1, 0.15) is 25.0 Å². The van der Waals surface area contributed by atoms with Gasteiger partial charge in [-0.1, -0.05) is 36.4 Å². The highest BCUT2D eigenvalue weighted by molar-refractivity contribution is 5.33. The molecule has 1 fully saturated rings. The fourth-order valence-corrected chi connectivity index (χ4v) is 3.23. The number of hydrogen-bond donors (Lipinski definition) is 2. The number of para-hydroxylation sites is 2. The first-order chi connectivity index (χ1) is 11.0.